The molecule has 0 fully saturated rings. The van der Waals surface area contributed by atoms with Crippen LogP contribution in [0, 0.1) is 6.92 Å². The molecule has 0 atom stereocenters. The molecule has 0 amide bonds. The summed E-state index contributed by atoms with van der Waals surface area (Å²) in [5.74, 6) is 5.31. The van der Waals surface area contributed by atoms with Gasteiger partial charge >= 0.3 is 0 Å². The van der Waals surface area contributed by atoms with Gasteiger partial charge in [0.2, 0.25) is 10.0 Å². The van der Waals surface area contributed by atoms with Gasteiger partial charge in [-0.15, -0.1) is 11.3 Å². The first-order valence-electron chi connectivity index (χ1n) is 5.49. The second kappa shape index (κ2) is 5.66. The number of thiazole rings is 1. The molecule has 0 spiro atoms. The van der Waals surface area contributed by atoms with Gasteiger partial charge in [-0.2, -0.15) is 0 Å². The smallest absolute Gasteiger partial charge is 0.243 e. The van der Waals surface area contributed by atoms with Crippen LogP contribution in [0.5, 0.6) is 0 Å². The molecule has 0 saturated heterocycles. The van der Waals surface area contributed by atoms with Gasteiger partial charge in [0.15, 0.2) is 0 Å². The van der Waals surface area contributed by atoms with E-state index in [-0.39, 0.29) is 11.4 Å². The van der Waals surface area contributed by atoms with Crippen LogP contribution in [0.4, 0.5) is 5.69 Å². The fourth-order valence-corrected chi connectivity index (χ4v) is 3.53. The van der Waals surface area contributed by atoms with E-state index in [2.05, 4.69) is 15.1 Å². The molecular weight excluding hydrogens is 284 g/mol. The Morgan fingerprint density at radius 3 is 2.74 bits per heavy atom. The number of benzene rings is 1. The second-order valence-electron chi connectivity index (χ2n) is 3.83. The van der Waals surface area contributed by atoms with Gasteiger partial charge in [0.1, 0.15) is 4.90 Å². The molecule has 0 saturated carbocycles. The molecule has 0 radical (unpaired) electrons. The molecular formula is C11H14N4O2S2. The molecule has 1 aromatic heterocycles. The maximum absolute atomic E-state index is 12.2. The molecule has 1 heterocycles. The summed E-state index contributed by atoms with van der Waals surface area (Å²) in [6, 6.07) is 6.46. The lowest BCUT2D eigenvalue weighted by Crippen LogP contribution is -2.25. The lowest BCUT2D eigenvalue weighted by atomic mass is 10.3. The van der Waals surface area contributed by atoms with Crippen molar-refractivity contribution in [2.75, 3.05) is 5.43 Å². The van der Waals surface area contributed by atoms with Crippen molar-refractivity contribution in [2.24, 2.45) is 5.84 Å². The monoisotopic (exact) mass is 298 g/mol. The first-order chi connectivity index (χ1) is 9.04. The van der Waals surface area contributed by atoms with Crippen molar-refractivity contribution in [3.8, 4) is 0 Å². The molecule has 0 bridgehead atoms. The number of nitrogen functional groups attached to an aromatic ring is 1. The third-order valence-corrected chi connectivity index (χ3v) is 4.99. The fourth-order valence-electron chi connectivity index (χ4n) is 1.55. The van der Waals surface area contributed by atoms with Crippen molar-refractivity contribution in [1.29, 1.82) is 0 Å². The minimum absolute atomic E-state index is 0.125. The van der Waals surface area contributed by atoms with Crippen molar-refractivity contribution in [2.45, 2.75) is 18.4 Å². The third kappa shape index (κ3) is 3.10. The first-order valence-corrected chi connectivity index (χ1v) is 7.85. The van der Waals surface area contributed by atoms with Crippen molar-refractivity contribution < 1.29 is 8.42 Å². The molecule has 0 unspecified atom stereocenters. The Hall–Kier alpha value is -1.48. The quantitative estimate of drug-likeness (QED) is 0.569. The summed E-state index contributed by atoms with van der Waals surface area (Å²) in [5.41, 5.74) is 5.26. The predicted molar refractivity (Wildman–Crippen MR) is 75.1 cm³/mol. The SMILES string of the molecule is Cc1ncsc1CNS(=O)(=O)c1ccccc1NN. The zero-order valence-corrected chi connectivity index (χ0v) is 11.9. The van der Waals surface area contributed by atoms with Crippen LogP contribution >= 0.6 is 11.3 Å². The van der Waals surface area contributed by atoms with E-state index in [0.29, 0.717) is 5.69 Å². The van der Waals surface area contributed by atoms with Gasteiger partial charge < -0.3 is 5.43 Å². The second-order valence-corrected chi connectivity index (χ2v) is 6.50. The number of hydrogen-bond donors (Lipinski definition) is 3. The summed E-state index contributed by atoms with van der Waals surface area (Å²) in [6.07, 6.45) is 0. The van der Waals surface area contributed by atoms with Gasteiger partial charge in [-0.25, -0.2) is 18.1 Å². The van der Waals surface area contributed by atoms with Crippen LogP contribution in [0.2, 0.25) is 0 Å². The van der Waals surface area contributed by atoms with Crippen molar-refractivity contribution in [1.82, 2.24) is 9.71 Å². The van der Waals surface area contributed by atoms with Crippen LogP contribution < -0.4 is 16.0 Å². The number of sulfonamides is 1. The zero-order chi connectivity index (χ0) is 13.9. The Labute approximate surface area is 115 Å². The Morgan fingerprint density at radius 2 is 2.11 bits per heavy atom. The summed E-state index contributed by atoms with van der Waals surface area (Å²) in [6.45, 7) is 2.06. The highest BCUT2D eigenvalue weighted by atomic mass is 32.2. The standard InChI is InChI=1S/C11H14N4O2S2/c1-8-10(18-7-13-8)6-14-19(16,17)11-5-3-2-4-9(11)15-12/h2-5,7,14-15H,6,12H2,1H3. The van der Waals surface area contributed by atoms with E-state index in [1.54, 1.807) is 23.7 Å². The largest absolute Gasteiger partial charge is 0.323 e. The van der Waals surface area contributed by atoms with E-state index in [4.69, 9.17) is 5.84 Å². The van der Waals surface area contributed by atoms with Gasteiger partial charge in [0.25, 0.3) is 0 Å². The highest BCUT2D eigenvalue weighted by molar-refractivity contribution is 7.89. The van der Waals surface area contributed by atoms with Gasteiger partial charge in [-0.3, -0.25) is 5.84 Å². The van der Waals surface area contributed by atoms with Crippen molar-refractivity contribution in [3.05, 3.63) is 40.3 Å². The summed E-state index contributed by atoms with van der Waals surface area (Å²) < 4.78 is 26.9. The lowest BCUT2D eigenvalue weighted by Gasteiger charge is -2.10. The van der Waals surface area contributed by atoms with E-state index in [9.17, 15) is 8.42 Å². The van der Waals surface area contributed by atoms with Gasteiger partial charge in [-0.1, -0.05) is 12.1 Å². The number of hydrogen-bond acceptors (Lipinski definition) is 6. The van der Waals surface area contributed by atoms with Crippen LogP contribution in [-0.4, -0.2) is 13.4 Å². The minimum atomic E-state index is -3.61. The molecule has 6 nitrogen and oxygen atoms in total. The number of nitrogens with zero attached hydrogens (tertiary/aromatic N) is 1. The molecule has 102 valence electrons. The fraction of sp³-hybridized carbons (Fsp3) is 0.182. The summed E-state index contributed by atoms with van der Waals surface area (Å²) in [7, 11) is -3.61. The van der Waals surface area contributed by atoms with E-state index >= 15 is 0 Å². The summed E-state index contributed by atoms with van der Waals surface area (Å²) >= 11 is 1.42. The topological polar surface area (TPSA) is 97.1 Å². The Kier molecular flexibility index (Phi) is 4.15. The molecule has 19 heavy (non-hydrogen) atoms. The number of rotatable bonds is 5. The van der Waals surface area contributed by atoms with Crippen LogP contribution in [0.3, 0.4) is 0 Å². The average Bonchev–Trinajstić information content (AvgIpc) is 2.82. The number of hydrazine groups is 1. The van der Waals surface area contributed by atoms with E-state index < -0.39 is 10.0 Å². The number of anilines is 1. The van der Waals surface area contributed by atoms with Crippen LogP contribution in [0.25, 0.3) is 0 Å². The molecule has 0 aliphatic carbocycles. The van der Waals surface area contributed by atoms with Crippen LogP contribution in [0.15, 0.2) is 34.7 Å². The molecule has 2 aromatic rings. The van der Waals surface area contributed by atoms with E-state index in [1.165, 1.54) is 17.4 Å². The maximum Gasteiger partial charge on any atom is 0.243 e. The van der Waals surface area contributed by atoms with Crippen molar-refractivity contribution >= 4 is 27.0 Å². The molecule has 4 N–H and O–H groups in total. The van der Waals surface area contributed by atoms with Gasteiger partial charge in [0, 0.05) is 11.4 Å². The van der Waals surface area contributed by atoms with Crippen LogP contribution in [-0.2, 0) is 16.6 Å². The normalized spacial score (nSPS) is 11.5. The predicted octanol–water partition coefficient (Wildman–Crippen LogP) is 1.22. The lowest BCUT2D eigenvalue weighted by molar-refractivity contribution is 0.582. The van der Waals surface area contributed by atoms with E-state index in [0.717, 1.165) is 10.6 Å². The van der Waals surface area contributed by atoms with Crippen molar-refractivity contribution in [3.63, 3.8) is 0 Å². The number of nitrogens with one attached hydrogen (secondary N) is 2. The Morgan fingerprint density at radius 1 is 1.37 bits per heavy atom. The Bertz CT molecular complexity index is 667. The average molecular weight is 298 g/mol. The number of aryl methyl sites for hydroxylation is 1. The minimum Gasteiger partial charge on any atom is -0.323 e. The number of aromatic nitrogens is 1. The molecule has 1 aromatic carbocycles. The molecule has 0 aliphatic rings. The maximum atomic E-state index is 12.2. The molecule has 2 rings (SSSR count). The molecule has 8 heteroatoms. The van der Waals surface area contributed by atoms with Gasteiger partial charge in [0.05, 0.1) is 16.9 Å². The first kappa shape index (κ1) is 13.9. The molecule has 0 aliphatic heterocycles. The van der Waals surface area contributed by atoms with E-state index in [1.807, 2.05) is 6.92 Å². The highest BCUT2D eigenvalue weighted by Crippen LogP contribution is 2.20. The van der Waals surface area contributed by atoms with Crippen LogP contribution in [0.1, 0.15) is 10.6 Å². The number of nitrogens with two attached hydrogens (primary N) is 1. The highest BCUT2D eigenvalue weighted by Gasteiger charge is 2.18. The summed E-state index contributed by atoms with van der Waals surface area (Å²) in [5, 5.41) is 0. The van der Waals surface area contributed by atoms with Gasteiger partial charge in [-0.05, 0) is 19.1 Å². The zero-order valence-electron chi connectivity index (χ0n) is 10.3. The Balaban J connectivity index is 2.21. The summed E-state index contributed by atoms with van der Waals surface area (Å²) in [4.78, 5) is 5.09. The number of para-hydroxylation sites is 1. The third-order valence-electron chi connectivity index (χ3n) is 2.60.